The Labute approximate surface area is 135 Å². The molecule has 7 heteroatoms. The number of rotatable bonds is 5. The number of carbonyl (C=O) groups is 3. The molecule has 0 aliphatic carbocycles. The lowest BCUT2D eigenvalue weighted by Gasteiger charge is -2.34. The van der Waals surface area contributed by atoms with Gasteiger partial charge in [0.25, 0.3) is 5.91 Å². The van der Waals surface area contributed by atoms with E-state index in [1.165, 1.54) is 11.9 Å². The molecule has 7 nitrogen and oxygen atoms in total. The van der Waals surface area contributed by atoms with E-state index < -0.39 is 6.04 Å². The maximum absolute atomic E-state index is 12.4. The van der Waals surface area contributed by atoms with Crippen molar-refractivity contribution >= 4 is 17.7 Å². The van der Waals surface area contributed by atoms with E-state index in [-0.39, 0.29) is 30.7 Å². The van der Waals surface area contributed by atoms with Gasteiger partial charge in [-0.25, -0.2) is 0 Å². The molecule has 1 atom stereocenters. The topological polar surface area (TPSA) is 87.7 Å². The zero-order chi connectivity index (χ0) is 16.8. The fourth-order valence-corrected chi connectivity index (χ4v) is 2.43. The predicted octanol–water partition coefficient (Wildman–Crippen LogP) is -0.163. The van der Waals surface area contributed by atoms with Gasteiger partial charge in [-0.3, -0.25) is 14.4 Å². The Morgan fingerprint density at radius 3 is 2.91 bits per heavy atom. The number of benzene rings is 1. The van der Waals surface area contributed by atoms with Crippen molar-refractivity contribution in [1.82, 2.24) is 15.5 Å². The van der Waals surface area contributed by atoms with Crippen LogP contribution in [0.4, 0.5) is 0 Å². The third kappa shape index (κ3) is 4.45. The van der Waals surface area contributed by atoms with Gasteiger partial charge in [0, 0.05) is 20.1 Å². The van der Waals surface area contributed by atoms with Gasteiger partial charge in [0.15, 0.2) is 6.61 Å². The molecule has 3 amide bonds. The van der Waals surface area contributed by atoms with Crippen molar-refractivity contribution < 1.29 is 19.1 Å². The number of piperazine rings is 1. The summed E-state index contributed by atoms with van der Waals surface area (Å²) in [6.07, 6.45) is -0.0570. The first-order valence-corrected chi connectivity index (χ1v) is 7.48. The Balaban J connectivity index is 2.00. The number of hydrogen-bond donors (Lipinski definition) is 2. The third-order valence-corrected chi connectivity index (χ3v) is 3.66. The molecule has 1 aliphatic heterocycles. The number of carbonyl (C=O) groups excluding carboxylic acids is 3. The fraction of sp³-hybridized carbons (Fsp3) is 0.438. The van der Waals surface area contributed by atoms with Gasteiger partial charge in [0.05, 0.1) is 6.42 Å². The highest BCUT2D eigenvalue weighted by molar-refractivity contribution is 5.93. The number of amides is 3. The molecule has 0 spiro atoms. The lowest BCUT2D eigenvalue weighted by atomic mass is 10.1. The molecule has 23 heavy (non-hydrogen) atoms. The first kappa shape index (κ1) is 16.8. The normalized spacial score (nSPS) is 17.4. The van der Waals surface area contributed by atoms with Crippen LogP contribution in [0.3, 0.4) is 0 Å². The average Bonchev–Trinajstić information content (AvgIpc) is 2.54. The fourth-order valence-electron chi connectivity index (χ4n) is 2.43. The molecule has 1 heterocycles. The first-order chi connectivity index (χ1) is 11.0. The van der Waals surface area contributed by atoms with Crippen molar-refractivity contribution in [1.29, 1.82) is 0 Å². The summed E-state index contributed by atoms with van der Waals surface area (Å²) < 4.78 is 5.49. The SMILES string of the molecule is CNC(=O)C[C@@H]1C(=O)NCCN1C(=O)COc1cccc(C)c1. The van der Waals surface area contributed by atoms with Gasteiger partial charge < -0.3 is 20.3 Å². The number of ether oxygens (including phenoxy) is 1. The van der Waals surface area contributed by atoms with E-state index in [4.69, 9.17) is 4.74 Å². The minimum atomic E-state index is -0.794. The van der Waals surface area contributed by atoms with Gasteiger partial charge >= 0.3 is 0 Å². The van der Waals surface area contributed by atoms with Crippen LogP contribution < -0.4 is 15.4 Å². The summed E-state index contributed by atoms with van der Waals surface area (Å²) in [7, 11) is 1.50. The van der Waals surface area contributed by atoms with Gasteiger partial charge in [0.2, 0.25) is 11.8 Å². The molecule has 2 rings (SSSR count). The Hall–Kier alpha value is -2.57. The summed E-state index contributed by atoms with van der Waals surface area (Å²) >= 11 is 0. The molecule has 0 radical (unpaired) electrons. The summed E-state index contributed by atoms with van der Waals surface area (Å²) in [6, 6.07) is 6.59. The zero-order valence-corrected chi connectivity index (χ0v) is 13.3. The van der Waals surface area contributed by atoms with Crippen LogP contribution in [-0.4, -0.2) is 55.4 Å². The second-order valence-electron chi connectivity index (χ2n) is 5.38. The summed E-state index contributed by atoms with van der Waals surface area (Å²) in [4.78, 5) is 37.3. The van der Waals surface area contributed by atoms with Crippen molar-refractivity contribution in [2.45, 2.75) is 19.4 Å². The largest absolute Gasteiger partial charge is 0.484 e. The van der Waals surface area contributed by atoms with Crippen molar-refractivity contribution in [3.05, 3.63) is 29.8 Å². The van der Waals surface area contributed by atoms with Crippen molar-refractivity contribution in [3.63, 3.8) is 0 Å². The van der Waals surface area contributed by atoms with Crippen LogP contribution in [0.1, 0.15) is 12.0 Å². The Kier molecular flexibility index (Phi) is 5.56. The first-order valence-electron chi connectivity index (χ1n) is 7.48. The maximum Gasteiger partial charge on any atom is 0.261 e. The van der Waals surface area contributed by atoms with Gasteiger partial charge in [-0.15, -0.1) is 0 Å². The molecular weight excluding hydrogens is 298 g/mol. The summed E-state index contributed by atoms with van der Waals surface area (Å²) in [5.41, 5.74) is 1.03. The van der Waals surface area contributed by atoms with E-state index in [0.717, 1.165) is 5.56 Å². The van der Waals surface area contributed by atoms with Crippen LogP contribution in [0.15, 0.2) is 24.3 Å². The summed E-state index contributed by atoms with van der Waals surface area (Å²) in [5.74, 6) is -0.314. The molecule has 1 aliphatic rings. The van der Waals surface area contributed by atoms with Crippen LogP contribution in [0.2, 0.25) is 0 Å². The second-order valence-corrected chi connectivity index (χ2v) is 5.38. The van der Waals surface area contributed by atoms with Gasteiger partial charge in [-0.05, 0) is 24.6 Å². The minimum Gasteiger partial charge on any atom is -0.484 e. The molecule has 0 unspecified atom stereocenters. The number of aryl methyl sites for hydroxylation is 1. The Bertz CT molecular complexity index is 603. The van der Waals surface area contributed by atoms with E-state index in [2.05, 4.69) is 10.6 Å². The Morgan fingerprint density at radius 2 is 2.22 bits per heavy atom. The molecule has 0 aromatic heterocycles. The molecule has 1 saturated heterocycles. The van der Waals surface area contributed by atoms with E-state index in [9.17, 15) is 14.4 Å². The van der Waals surface area contributed by atoms with Crippen LogP contribution in [0.25, 0.3) is 0 Å². The van der Waals surface area contributed by atoms with E-state index in [1.807, 2.05) is 25.1 Å². The third-order valence-electron chi connectivity index (χ3n) is 3.66. The van der Waals surface area contributed by atoms with Crippen LogP contribution in [0, 0.1) is 6.92 Å². The van der Waals surface area contributed by atoms with Crippen LogP contribution in [-0.2, 0) is 14.4 Å². The lowest BCUT2D eigenvalue weighted by molar-refractivity contribution is -0.146. The predicted molar refractivity (Wildman–Crippen MR) is 83.9 cm³/mol. The summed E-state index contributed by atoms with van der Waals surface area (Å²) in [5, 5.41) is 5.14. The van der Waals surface area contributed by atoms with E-state index in [0.29, 0.717) is 18.8 Å². The molecule has 1 aromatic rings. The number of hydrogen-bond acceptors (Lipinski definition) is 4. The van der Waals surface area contributed by atoms with Crippen LogP contribution >= 0.6 is 0 Å². The number of nitrogens with zero attached hydrogens (tertiary/aromatic N) is 1. The van der Waals surface area contributed by atoms with Crippen LogP contribution in [0.5, 0.6) is 5.75 Å². The standard InChI is InChI=1S/C16H21N3O4/c1-11-4-3-5-12(8-11)23-10-15(21)19-7-6-18-16(22)13(19)9-14(20)17-2/h3-5,8,13H,6-7,9-10H2,1-2H3,(H,17,20)(H,18,22)/t13-/m1/s1. The highest BCUT2D eigenvalue weighted by atomic mass is 16.5. The van der Waals surface area contributed by atoms with Gasteiger partial charge in [0.1, 0.15) is 11.8 Å². The van der Waals surface area contributed by atoms with E-state index in [1.54, 1.807) is 6.07 Å². The van der Waals surface area contributed by atoms with Gasteiger partial charge in [-0.2, -0.15) is 0 Å². The summed E-state index contributed by atoms with van der Waals surface area (Å²) in [6.45, 7) is 2.51. The van der Waals surface area contributed by atoms with E-state index >= 15 is 0 Å². The number of nitrogens with one attached hydrogen (secondary N) is 2. The second kappa shape index (κ2) is 7.62. The lowest BCUT2D eigenvalue weighted by Crippen LogP contribution is -2.59. The quantitative estimate of drug-likeness (QED) is 0.789. The average molecular weight is 319 g/mol. The molecule has 124 valence electrons. The minimum absolute atomic E-state index is 0.0570. The molecule has 1 aromatic carbocycles. The Morgan fingerprint density at radius 1 is 1.43 bits per heavy atom. The highest BCUT2D eigenvalue weighted by Crippen LogP contribution is 2.14. The molecule has 0 saturated carbocycles. The van der Waals surface area contributed by atoms with Crippen molar-refractivity contribution in [2.24, 2.45) is 0 Å². The monoisotopic (exact) mass is 319 g/mol. The molecule has 0 bridgehead atoms. The maximum atomic E-state index is 12.4. The molecule has 2 N–H and O–H groups in total. The smallest absolute Gasteiger partial charge is 0.261 e. The molecular formula is C16H21N3O4. The van der Waals surface area contributed by atoms with Gasteiger partial charge in [-0.1, -0.05) is 12.1 Å². The van der Waals surface area contributed by atoms with Crippen molar-refractivity contribution in [3.8, 4) is 5.75 Å². The zero-order valence-electron chi connectivity index (χ0n) is 13.3. The highest BCUT2D eigenvalue weighted by Gasteiger charge is 2.34. The molecule has 1 fully saturated rings. The van der Waals surface area contributed by atoms with Crippen molar-refractivity contribution in [2.75, 3.05) is 26.7 Å².